The second-order valence-corrected chi connectivity index (χ2v) is 8.46. The molecule has 1 aromatic rings. The number of hydrogen-bond donors (Lipinski definition) is 1. The van der Waals surface area contributed by atoms with E-state index in [1.165, 1.54) is 5.56 Å². The molecule has 0 saturated carbocycles. The number of phenols is 1. The molecule has 1 unspecified atom stereocenters. The van der Waals surface area contributed by atoms with Crippen molar-refractivity contribution < 1.29 is 14.6 Å². The summed E-state index contributed by atoms with van der Waals surface area (Å²) >= 11 is 0. The van der Waals surface area contributed by atoms with Gasteiger partial charge in [0.25, 0.3) is 0 Å². The average molecular weight is 319 g/mol. The van der Waals surface area contributed by atoms with Crippen LogP contribution in [0.1, 0.15) is 52.7 Å². The smallest absolute Gasteiger partial charge is 0.410 e. The van der Waals surface area contributed by atoms with Gasteiger partial charge in [-0.3, -0.25) is 0 Å². The fourth-order valence-electron chi connectivity index (χ4n) is 3.07. The molecule has 0 bridgehead atoms. The van der Waals surface area contributed by atoms with Crippen LogP contribution in [0.15, 0.2) is 18.2 Å². The minimum atomic E-state index is -0.503. The van der Waals surface area contributed by atoms with E-state index in [4.69, 9.17) is 4.74 Å². The van der Waals surface area contributed by atoms with E-state index < -0.39 is 5.60 Å². The van der Waals surface area contributed by atoms with E-state index in [1.807, 2.05) is 37.8 Å². The Morgan fingerprint density at radius 1 is 1.17 bits per heavy atom. The van der Waals surface area contributed by atoms with Gasteiger partial charge in [0, 0.05) is 12.6 Å². The summed E-state index contributed by atoms with van der Waals surface area (Å²) in [5.41, 5.74) is 1.76. The Morgan fingerprint density at radius 3 is 2.39 bits per heavy atom. The third-order valence-corrected chi connectivity index (χ3v) is 4.23. The number of hydrogen-bond acceptors (Lipinski definition) is 3. The quantitative estimate of drug-likeness (QED) is 0.782. The van der Waals surface area contributed by atoms with E-state index in [-0.39, 0.29) is 23.3 Å². The van der Waals surface area contributed by atoms with Gasteiger partial charge in [-0.25, -0.2) is 4.79 Å². The standard InChI is InChI=1S/C19H29NO3/c1-18(2,3)16-12-13-7-8-15(21)11-14(13)9-10-20(16)17(22)23-19(4,5)6/h7-8,11,16,21H,9-10,12H2,1-6H3. The van der Waals surface area contributed by atoms with E-state index in [0.717, 1.165) is 18.4 Å². The Hall–Kier alpha value is -1.71. The van der Waals surface area contributed by atoms with Crippen molar-refractivity contribution >= 4 is 6.09 Å². The van der Waals surface area contributed by atoms with Gasteiger partial charge in [-0.15, -0.1) is 0 Å². The maximum atomic E-state index is 12.7. The van der Waals surface area contributed by atoms with Crippen LogP contribution in [0.2, 0.25) is 0 Å². The predicted molar refractivity (Wildman–Crippen MR) is 91.7 cm³/mol. The SMILES string of the molecule is CC(C)(C)OC(=O)N1CCc2cc(O)ccc2CC1C(C)(C)C. The van der Waals surface area contributed by atoms with Crippen LogP contribution >= 0.6 is 0 Å². The van der Waals surface area contributed by atoms with Crippen LogP contribution in [-0.2, 0) is 17.6 Å². The van der Waals surface area contributed by atoms with E-state index in [1.54, 1.807) is 6.07 Å². The van der Waals surface area contributed by atoms with Gasteiger partial charge in [0.15, 0.2) is 0 Å². The highest BCUT2D eigenvalue weighted by atomic mass is 16.6. The molecule has 1 aliphatic rings. The first-order valence-corrected chi connectivity index (χ1v) is 8.28. The summed E-state index contributed by atoms with van der Waals surface area (Å²) in [5.74, 6) is 0.279. The monoisotopic (exact) mass is 319 g/mol. The van der Waals surface area contributed by atoms with Crippen LogP contribution in [0, 0.1) is 5.41 Å². The Bertz CT molecular complexity index is 581. The normalized spacial score (nSPS) is 19.0. The first-order valence-electron chi connectivity index (χ1n) is 8.28. The number of fused-ring (bicyclic) bond motifs is 1. The van der Waals surface area contributed by atoms with E-state index in [2.05, 4.69) is 20.8 Å². The van der Waals surface area contributed by atoms with Crippen molar-refractivity contribution in [3.05, 3.63) is 29.3 Å². The van der Waals surface area contributed by atoms with E-state index in [9.17, 15) is 9.90 Å². The van der Waals surface area contributed by atoms with Crippen LogP contribution in [0.4, 0.5) is 4.79 Å². The summed E-state index contributed by atoms with van der Waals surface area (Å²) in [7, 11) is 0. The second-order valence-electron chi connectivity index (χ2n) is 8.46. The Kier molecular flexibility index (Phi) is 4.65. The fraction of sp³-hybridized carbons (Fsp3) is 0.632. The van der Waals surface area contributed by atoms with Gasteiger partial charge < -0.3 is 14.7 Å². The van der Waals surface area contributed by atoms with E-state index >= 15 is 0 Å². The molecule has 1 amide bonds. The average Bonchev–Trinajstić information content (AvgIpc) is 2.55. The topological polar surface area (TPSA) is 49.8 Å². The van der Waals surface area contributed by atoms with Gasteiger partial charge in [-0.05, 0) is 62.3 Å². The summed E-state index contributed by atoms with van der Waals surface area (Å²) < 4.78 is 5.62. The third-order valence-electron chi connectivity index (χ3n) is 4.23. The molecular weight excluding hydrogens is 290 g/mol. The van der Waals surface area contributed by atoms with Crippen LogP contribution < -0.4 is 0 Å². The number of carbonyl (C=O) groups is 1. The molecule has 1 aromatic carbocycles. The molecule has 1 N–H and O–H groups in total. The van der Waals surface area contributed by atoms with Crippen LogP contribution in [0.25, 0.3) is 0 Å². The van der Waals surface area contributed by atoms with Crippen molar-refractivity contribution in [3.63, 3.8) is 0 Å². The molecule has 0 spiro atoms. The lowest BCUT2D eigenvalue weighted by Crippen LogP contribution is -2.50. The van der Waals surface area contributed by atoms with Crippen molar-refractivity contribution in [3.8, 4) is 5.75 Å². The third kappa shape index (κ3) is 4.40. The minimum Gasteiger partial charge on any atom is -0.508 e. The number of phenolic OH excluding ortho intramolecular Hbond substituents is 1. The van der Waals surface area contributed by atoms with Gasteiger partial charge in [0.05, 0.1) is 0 Å². The van der Waals surface area contributed by atoms with Gasteiger partial charge in [-0.2, -0.15) is 0 Å². The lowest BCUT2D eigenvalue weighted by Gasteiger charge is -2.39. The summed E-state index contributed by atoms with van der Waals surface area (Å²) in [4.78, 5) is 14.6. The number of rotatable bonds is 0. The van der Waals surface area contributed by atoms with Gasteiger partial charge in [0.1, 0.15) is 11.4 Å². The molecule has 1 aliphatic heterocycles. The first kappa shape index (κ1) is 17.6. The van der Waals surface area contributed by atoms with Crippen LogP contribution in [0.5, 0.6) is 5.75 Å². The van der Waals surface area contributed by atoms with Crippen LogP contribution in [-0.4, -0.2) is 34.3 Å². The highest BCUT2D eigenvalue weighted by molar-refractivity contribution is 5.69. The molecule has 128 valence electrons. The Labute approximate surface area is 139 Å². The molecule has 23 heavy (non-hydrogen) atoms. The highest BCUT2D eigenvalue weighted by Crippen LogP contribution is 2.33. The molecule has 1 atom stereocenters. The molecule has 0 fully saturated rings. The summed E-state index contributed by atoms with van der Waals surface area (Å²) in [6, 6.07) is 5.57. The Morgan fingerprint density at radius 2 is 1.83 bits per heavy atom. The maximum Gasteiger partial charge on any atom is 0.410 e. The molecular formula is C19H29NO3. The van der Waals surface area contributed by atoms with Crippen molar-refractivity contribution in [1.82, 2.24) is 4.90 Å². The zero-order valence-corrected chi connectivity index (χ0v) is 15.1. The molecule has 2 rings (SSSR count). The lowest BCUT2D eigenvalue weighted by atomic mass is 9.82. The summed E-state index contributed by atoms with van der Waals surface area (Å²) in [6.45, 7) is 12.7. The predicted octanol–water partition coefficient (Wildman–Crippen LogP) is 4.14. The summed E-state index contributed by atoms with van der Waals surface area (Å²) in [6.07, 6.45) is 1.25. The fourth-order valence-corrected chi connectivity index (χ4v) is 3.07. The largest absolute Gasteiger partial charge is 0.508 e. The van der Waals surface area contributed by atoms with Crippen molar-refractivity contribution in [1.29, 1.82) is 0 Å². The number of benzene rings is 1. The first-order chi connectivity index (χ1) is 10.5. The second kappa shape index (κ2) is 6.06. The van der Waals surface area contributed by atoms with Crippen LogP contribution in [0.3, 0.4) is 0 Å². The molecule has 0 saturated heterocycles. The lowest BCUT2D eigenvalue weighted by molar-refractivity contribution is 0.00354. The molecule has 0 aromatic heterocycles. The number of ether oxygens (including phenoxy) is 1. The number of nitrogens with zero attached hydrogens (tertiary/aromatic N) is 1. The zero-order chi connectivity index (χ0) is 17.4. The number of aromatic hydroxyl groups is 1. The van der Waals surface area contributed by atoms with Crippen molar-refractivity contribution in [2.75, 3.05) is 6.54 Å². The number of amides is 1. The minimum absolute atomic E-state index is 0.0585. The van der Waals surface area contributed by atoms with Crippen molar-refractivity contribution in [2.45, 2.75) is 66.0 Å². The molecule has 0 aliphatic carbocycles. The molecule has 1 heterocycles. The molecule has 4 heteroatoms. The molecule has 0 radical (unpaired) electrons. The van der Waals surface area contributed by atoms with Gasteiger partial charge in [-0.1, -0.05) is 26.8 Å². The number of carbonyl (C=O) groups excluding carboxylic acids is 1. The van der Waals surface area contributed by atoms with E-state index in [0.29, 0.717) is 6.54 Å². The van der Waals surface area contributed by atoms with Gasteiger partial charge in [0.2, 0.25) is 0 Å². The molecule has 4 nitrogen and oxygen atoms in total. The summed E-state index contributed by atoms with van der Waals surface area (Å²) in [5, 5.41) is 9.73. The van der Waals surface area contributed by atoms with Crippen molar-refractivity contribution in [2.24, 2.45) is 5.41 Å². The van der Waals surface area contributed by atoms with Gasteiger partial charge >= 0.3 is 6.09 Å². The Balaban J connectivity index is 2.34. The highest BCUT2D eigenvalue weighted by Gasteiger charge is 2.37. The maximum absolute atomic E-state index is 12.7. The zero-order valence-electron chi connectivity index (χ0n) is 15.1.